The molecule has 13 heavy (non-hydrogen) atoms. The van der Waals surface area contributed by atoms with Crippen LogP contribution >= 0.6 is 11.6 Å². The normalized spacial score (nSPS) is 26.7. The molecule has 1 aliphatic rings. The number of rotatable bonds is 3. The Balaban J connectivity index is 2.41. The number of hydrogen-bond donors (Lipinski definition) is 0. The summed E-state index contributed by atoms with van der Waals surface area (Å²) in [4.78, 5) is 2.24. The minimum Gasteiger partial charge on any atom is -0.378 e. The second-order valence-corrected chi connectivity index (χ2v) is 3.76. The summed E-state index contributed by atoms with van der Waals surface area (Å²) in [5.74, 6) is 0. The maximum atomic E-state index is 8.58. The number of hydrogen-bond acceptors (Lipinski definition) is 3. The van der Waals surface area contributed by atoms with Crippen LogP contribution in [0.25, 0.3) is 0 Å². The predicted molar refractivity (Wildman–Crippen MR) is 51.7 cm³/mol. The third kappa shape index (κ3) is 3.15. The lowest BCUT2D eigenvalue weighted by Crippen LogP contribution is -2.47. The summed E-state index contributed by atoms with van der Waals surface area (Å²) >= 11 is 5.78. The van der Waals surface area contributed by atoms with Gasteiger partial charge in [0.1, 0.15) is 5.38 Å². The van der Waals surface area contributed by atoms with Crippen molar-refractivity contribution in [3.8, 4) is 6.07 Å². The van der Waals surface area contributed by atoms with Crippen molar-refractivity contribution in [3.63, 3.8) is 0 Å². The van der Waals surface area contributed by atoms with Gasteiger partial charge in [-0.2, -0.15) is 5.26 Å². The van der Waals surface area contributed by atoms with E-state index in [1.807, 2.05) is 6.07 Å². The van der Waals surface area contributed by atoms with E-state index in [9.17, 15) is 0 Å². The Labute approximate surface area is 84.2 Å². The molecular weight excluding hydrogens is 188 g/mol. The van der Waals surface area contributed by atoms with Crippen molar-refractivity contribution < 1.29 is 4.74 Å². The van der Waals surface area contributed by atoms with E-state index >= 15 is 0 Å². The molecule has 0 radical (unpaired) electrons. The SMILES string of the molecule is CCC1COCCN1CC(Cl)C#N. The van der Waals surface area contributed by atoms with Gasteiger partial charge in [-0.05, 0) is 6.42 Å². The highest BCUT2D eigenvalue weighted by atomic mass is 35.5. The van der Waals surface area contributed by atoms with E-state index in [0.717, 1.165) is 26.2 Å². The zero-order valence-corrected chi connectivity index (χ0v) is 8.63. The van der Waals surface area contributed by atoms with E-state index in [4.69, 9.17) is 21.6 Å². The van der Waals surface area contributed by atoms with Gasteiger partial charge in [0.15, 0.2) is 0 Å². The van der Waals surface area contributed by atoms with Gasteiger partial charge in [0.25, 0.3) is 0 Å². The van der Waals surface area contributed by atoms with Crippen LogP contribution in [0.2, 0.25) is 0 Å². The van der Waals surface area contributed by atoms with E-state index in [2.05, 4.69) is 11.8 Å². The van der Waals surface area contributed by atoms with Gasteiger partial charge in [-0.1, -0.05) is 6.92 Å². The molecule has 0 saturated carbocycles. The summed E-state index contributed by atoms with van der Waals surface area (Å²) in [6.07, 6.45) is 1.05. The molecule has 0 N–H and O–H groups in total. The smallest absolute Gasteiger partial charge is 0.133 e. The number of nitriles is 1. The topological polar surface area (TPSA) is 36.3 Å². The number of ether oxygens (including phenoxy) is 1. The molecule has 0 aromatic heterocycles. The summed E-state index contributed by atoms with van der Waals surface area (Å²) in [5, 5.41) is 8.19. The molecule has 0 spiro atoms. The third-order valence-corrected chi connectivity index (χ3v) is 2.59. The highest BCUT2D eigenvalue weighted by Crippen LogP contribution is 2.11. The molecule has 74 valence electrons. The van der Waals surface area contributed by atoms with Crippen molar-refractivity contribution in [3.05, 3.63) is 0 Å². The van der Waals surface area contributed by atoms with Gasteiger partial charge in [0, 0.05) is 19.1 Å². The molecule has 2 unspecified atom stereocenters. The largest absolute Gasteiger partial charge is 0.378 e. The highest BCUT2D eigenvalue weighted by Gasteiger charge is 2.23. The lowest BCUT2D eigenvalue weighted by molar-refractivity contribution is -0.00706. The van der Waals surface area contributed by atoms with Crippen molar-refractivity contribution >= 4 is 11.6 Å². The standard InChI is InChI=1S/C9H15ClN2O/c1-2-9-7-13-4-3-12(9)6-8(10)5-11/h8-9H,2-4,6-7H2,1H3. The van der Waals surface area contributed by atoms with E-state index in [-0.39, 0.29) is 0 Å². The molecule has 3 nitrogen and oxygen atoms in total. The minimum absolute atomic E-state index is 0.396. The molecule has 2 atom stereocenters. The Morgan fingerprint density at radius 2 is 2.54 bits per heavy atom. The van der Waals surface area contributed by atoms with Crippen molar-refractivity contribution in [1.29, 1.82) is 5.26 Å². The monoisotopic (exact) mass is 202 g/mol. The molecule has 0 amide bonds. The molecule has 1 saturated heterocycles. The van der Waals surface area contributed by atoms with Gasteiger partial charge in [0.2, 0.25) is 0 Å². The van der Waals surface area contributed by atoms with E-state index in [1.165, 1.54) is 0 Å². The van der Waals surface area contributed by atoms with Crippen LogP contribution in [0.15, 0.2) is 0 Å². The van der Waals surface area contributed by atoms with Crippen LogP contribution < -0.4 is 0 Å². The summed E-state index contributed by atoms with van der Waals surface area (Å²) in [6, 6.07) is 2.47. The average Bonchev–Trinajstić information content (AvgIpc) is 2.18. The first kappa shape index (κ1) is 10.8. The Hall–Kier alpha value is -0.300. The van der Waals surface area contributed by atoms with Gasteiger partial charge >= 0.3 is 0 Å². The Morgan fingerprint density at radius 3 is 3.15 bits per heavy atom. The fourth-order valence-electron chi connectivity index (χ4n) is 1.55. The molecule has 1 fully saturated rings. The fraction of sp³-hybridized carbons (Fsp3) is 0.889. The summed E-state index contributed by atoms with van der Waals surface area (Å²) in [7, 11) is 0. The second kappa shape index (κ2) is 5.43. The molecular formula is C9H15ClN2O. The first-order chi connectivity index (χ1) is 6.27. The molecule has 0 aliphatic carbocycles. The summed E-state index contributed by atoms with van der Waals surface area (Å²) in [5.41, 5.74) is 0. The number of nitrogens with zero attached hydrogens (tertiary/aromatic N) is 2. The maximum Gasteiger partial charge on any atom is 0.133 e. The van der Waals surface area contributed by atoms with Gasteiger partial charge in [-0.3, -0.25) is 4.90 Å². The van der Waals surface area contributed by atoms with Gasteiger partial charge in [0.05, 0.1) is 19.3 Å². The Bertz CT molecular complexity index is 193. The van der Waals surface area contributed by atoms with Crippen LogP contribution in [-0.2, 0) is 4.74 Å². The molecule has 0 aromatic carbocycles. The van der Waals surface area contributed by atoms with Crippen LogP contribution in [0.5, 0.6) is 0 Å². The van der Waals surface area contributed by atoms with E-state index < -0.39 is 5.38 Å². The number of halogens is 1. The van der Waals surface area contributed by atoms with Crippen molar-refractivity contribution in [2.75, 3.05) is 26.3 Å². The minimum atomic E-state index is -0.396. The van der Waals surface area contributed by atoms with Gasteiger partial charge in [-0.25, -0.2) is 0 Å². The molecule has 4 heteroatoms. The van der Waals surface area contributed by atoms with Crippen LogP contribution in [-0.4, -0.2) is 42.6 Å². The zero-order valence-electron chi connectivity index (χ0n) is 7.87. The molecule has 1 aliphatic heterocycles. The quantitative estimate of drug-likeness (QED) is 0.646. The maximum absolute atomic E-state index is 8.58. The summed E-state index contributed by atoms with van der Waals surface area (Å²) in [6.45, 7) is 5.20. The third-order valence-electron chi connectivity index (χ3n) is 2.36. The van der Waals surface area contributed by atoms with E-state index in [0.29, 0.717) is 12.6 Å². The zero-order chi connectivity index (χ0) is 9.68. The van der Waals surface area contributed by atoms with Crippen LogP contribution in [0.3, 0.4) is 0 Å². The summed E-state index contributed by atoms with van der Waals surface area (Å²) < 4.78 is 5.35. The lowest BCUT2D eigenvalue weighted by Gasteiger charge is -2.35. The molecule has 1 heterocycles. The number of alkyl halides is 1. The van der Waals surface area contributed by atoms with Gasteiger partial charge in [-0.15, -0.1) is 11.6 Å². The Kier molecular flexibility index (Phi) is 4.51. The first-order valence-electron chi connectivity index (χ1n) is 4.63. The van der Waals surface area contributed by atoms with Crippen LogP contribution in [0, 0.1) is 11.3 Å². The van der Waals surface area contributed by atoms with Crippen molar-refractivity contribution in [2.45, 2.75) is 24.8 Å². The fourth-order valence-corrected chi connectivity index (χ4v) is 1.73. The lowest BCUT2D eigenvalue weighted by atomic mass is 10.1. The van der Waals surface area contributed by atoms with E-state index in [1.54, 1.807) is 0 Å². The second-order valence-electron chi connectivity index (χ2n) is 3.23. The Morgan fingerprint density at radius 1 is 1.77 bits per heavy atom. The molecule has 0 aromatic rings. The first-order valence-corrected chi connectivity index (χ1v) is 5.07. The average molecular weight is 203 g/mol. The van der Waals surface area contributed by atoms with Crippen LogP contribution in [0.1, 0.15) is 13.3 Å². The molecule has 0 bridgehead atoms. The highest BCUT2D eigenvalue weighted by molar-refractivity contribution is 6.22. The molecule has 1 rings (SSSR count). The van der Waals surface area contributed by atoms with Gasteiger partial charge < -0.3 is 4.74 Å². The number of morpholine rings is 1. The predicted octanol–water partition coefficient (Wildman–Crippen LogP) is 1.23. The van der Waals surface area contributed by atoms with Crippen molar-refractivity contribution in [2.24, 2.45) is 0 Å². The van der Waals surface area contributed by atoms with Crippen molar-refractivity contribution in [1.82, 2.24) is 4.90 Å². The van der Waals surface area contributed by atoms with Crippen LogP contribution in [0.4, 0.5) is 0 Å².